The summed E-state index contributed by atoms with van der Waals surface area (Å²) >= 11 is 3.18. The molecule has 0 N–H and O–H groups in total. The molecule has 0 bridgehead atoms. The highest BCUT2D eigenvalue weighted by Crippen LogP contribution is 2.24. The molecule has 4 rings (SSSR count). The molecule has 0 saturated carbocycles. The number of aromatic nitrogens is 2. The second-order valence-electron chi connectivity index (χ2n) is 9.48. The molecule has 39 heavy (non-hydrogen) atoms. The molecule has 2 heterocycles. The van der Waals surface area contributed by atoms with Gasteiger partial charge in [-0.3, -0.25) is 0 Å². The maximum atomic E-state index is 4.40. The molecule has 0 aliphatic heterocycles. The van der Waals surface area contributed by atoms with Crippen LogP contribution in [0.25, 0.3) is 0 Å². The van der Waals surface area contributed by atoms with Gasteiger partial charge in [-0.25, -0.2) is 9.13 Å². The molecule has 208 valence electrons. The SMILES string of the molecule is Cc1cc(N=Nc2scc[n+]2C)ccc1CCCCCCCc1ccc(N=Nc2scc[n+]2C)cc1C.[CH3-].[CH3-]. The third-order valence-corrected chi connectivity index (χ3v) is 8.24. The molecule has 8 heteroatoms. The van der Waals surface area contributed by atoms with E-state index in [4.69, 9.17) is 0 Å². The van der Waals surface area contributed by atoms with Crippen molar-refractivity contribution in [3.05, 3.63) is 96.7 Å². The molecule has 0 atom stereocenters. The van der Waals surface area contributed by atoms with Crippen molar-refractivity contribution in [1.29, 1.82) is 0 Å². The van der Waals surface area contributed by atoms with Crippen LogP contribution < -0.4 is 9.13 Å². The van der Waals surface area contributed by atoms with Crippen LogP contribution in [0.2, 0.25) is 0 Å². The summed E-state index contributed by atoms with van der Waals surface area (Å²) in [5, 5.41) is 23.4. The average Bonchev–Trinajstić information content (AvgIpc) is 3.49. The van der Waals surface area contributed by atoms with Crippen molar-refractivity contribution in [3.8, 4) is 0 Å². The Bertz CT molecular complexity index is 1270. The molecule has 0 unspecified atom stereocenters. The quantitative estimate of drug-likeness (QED) is 0.0714. The predicted molar refractivity (Wildman–Crippen MR) is 165 cm³/mol. The minimum absolute atomic E-state index is 0. The van der Waals surface area contributed by atoms with Gasteiger partial charge in [0.15, 0.2) is 0 Å². The van der Waals surface area contributed by atoms with Gasteiger partial charge in [-0.15, -0.1) is 0 Å². The van der Waals surface area contributed by atoms with Gasteiger partial charge in [0.05, 0.1) is 24.3 Å². The van der Waals surface area contributed by atoms with Crippen molar-refractivity contribution in [2.75, 3.05) is 0 Å². The van der Waals surface area contributed by atoms with Gasteiger partial charge in [0.2, 0.25) is 0 Å². The van der Waals surface area contributed by atoms with Gasteiger partial charge in [-0.05, 0) is 119 Å². The highest BCUT2D eigenvalue weighted by Gasteiger charge is 2.09. The standard InChI is InChI=1S/C29H36N6S2.2CH3/c1-22-20-26(30-32-28-34(3)16-18-36-28)14-12-24(22)10-8-6-5-7-9-11-25-13-15-27(21-23(25)2)31-33-29-35(4)17-19-37-29;;/h12-21H,5-11H2,1-4H3;2*1H3/q+2;2*-1. The fourth-order valence-corrected chi connectivity index (χ4v) is 5.62. The van der Waals surface area contributed by atoms with E-state index in [0.29, 0.717) is 0 Å². The highest BCUT2D eigenvalue weighted by molar-refractivity contribution is 7.13. The number of nitrogens with zero attached hydrogens (tertiary/aromatic N) is 6. The topological polar surface area (TPSA) is 57.2 Å². The Morgan fingerprint density at radius 3 is 1.36 bits per heavy atom. The number of thiazole rings is 2. The average molecular weight is 563 g/mol. The summed E-state index contributed by atoms with van der Waals surface area (Å²) in [5.74, 6) is 0. The van der Waals surface area contributed by atoms with Gasteiger partial charge in [-0.1, -0.05) is 31.4 Å². The number of benzene rings is 2. The lowest BCUT2D eigenvalue weighted by atomic mass is 9.99. The van der Waals surface area contributed by atoms with Crippen LogP contribution >= 0.6 is 22.7 Å². The molecule has 0 radical (unpaired) electrons. The molecular formula is C31H42N6S2. The van der Waals surface area contributed by atoms with Crippen molar-refractivity contribution in [2.45, 2.75) is 58.8 Å². The molecule has 4 aromatic rings. The number of hydrogen-bond acceptors (Lipinski definition) is 6. The van der Waals surface area contributed by atoms with Crippen LogP contribution in [0, 0.1) is 28.7 Å². The molecule has 0 aliphatic carbocycles. The van der Waals surface area contributed by atoms with E-state index >= 15 is 0 Å². The van der Waals surface area contributed by atoms with Gasteiger partial charge in [0.1, 0.15) is 23.8 Å². The van der Waals surface area contributed by atoms with Gasteiger partial charge < -0.3 is 14.9 Å². The maximum Gasteiger partial charge on any atom is 0.408 e. The fraction of sp³-hybridized carbons (Fsp3) is 0.355. The maximum absolute atomic E-state index is 4.40. The molecule has 6 nitrogen and oxygen atoms in total. The number of unbranched alkanes of at least 4 members (excludes halogenated alkanes) is 4. The van der Waals surface area contributed by atoms with Gasteiger partial charge in [0.25, 0.3) is 0 Å². The Labute approximate surface area is 242 Å². The van der Waals surface area contributed by atoms with E-state index in [1.165, 1.54) is 54.4 Å². The second-order valence-corrected chi connectivity index (χ2v) is 11.2. The first-order valence-electron chi connectivity index (χ1n) is 12.9. The molecule has 0 spiro atoms. The fourth-order valence-electron chi connectivity index (χ4n) is 4.25. The zero-order chi connectivity index (χ0) is 26.0. The third kappa shape index (κ3) is 9.55. The zero-order valence-corrected chi connectivity index (χ0v) is 25.9. The summed E-state index contributed by atoms with van der Waals surface area (Å²) in [6.07, 6.45) is 12.5. The third-order valence-electron chi connectivity index (χ3n) is 6.57. The largest absolute Gasteiger partial charge is 0.408 e. The van der Waals surface area contributed by atoms with E-state index in [9.17, 15) is 0 Å². The van der Waals surface area contributed by atoms with E-state index in [1.807, 2.05) is 46.4 Å². The molecule has 0 amide bonds. The minimum atomic E-state index is 0. The molecule has 0 fully saturated rings. The minimum Gasteiger partial charge on any atom is -0.358 e. The van der Waals surface area contributed by atoms with E-state index in [1.54, 1.807) is 22.7 Å². The van der Waals surface area contributed by atoms with E-state index in [0.717, 1.165) is 34.5 Å². The van der Waals surface area contributed by atoms with Crippen molar-refractivity contribution < 1.29 is 9.13 Å². The van der Waals surface area contributed by atoms with Crippen LogP contribution in [0.5, 0.6) is 0 Å². The molecular weight excluding hydrogens is 521 g/mol. The molecule has 2 aromatic heterocycles. The van der Waals surface area contributed by atoms with Crippen molar-refractivity contribution in [2.24, 2.45) is 34.6 Å². The Morgan fingerprint density at radius 1 is 0.590 bits per heavy atom. The normalized spacial score (nSPS) is 11.2. The first-order chi connectivity index (χ1) is 18.0. The summed E-state index contributed by atoms with van der Waals surface area (Å²) in [7, 11) is 3.97. The Kier molecular flexibility index (Phi) is 13.3. The summed E-state index contributed by atoms with van der Waals surface area (Å²) in [6.45, 7) is 4.35. The molecule has 0 aliphatic rings. The van der Waals surface area contributed by atoms with Gasteiger partial charge >= 0.3 is 10.3 Å². The predicted octanol–water partition coefficient (Wildman–Crippen LogP) is 9.54. The van der Waals surface area contributed by atoms with Crippen LogP contribution in [-0.4, -0.2) is 0 Å². The van der Waals surface area contributed by atoms with Gasteiger partial charge in [-0.2, -0.15) is 0 Å². The highest BCUT2D eigenvalue weighted by atomic mass is 32.1. The zero-order valence-electron chi connectivity index (χ0n) is 24.2. The monoisotopic (exact) mass is 562 g/mol. The molecule has 2 aromatic carbocycles. The number of rotatable bonds is 12. The first kappa shape index (κ1) is 32.1. The van der Waals surface area contributed by atoms with Crippen LogP contribution in [-0.2, 0) is 26.9 Å². The summed E-state index contributed by atoms with van der Waals surface area (Å²) in [4.78, 5) is 0. The molecule has 0 saturated heterocycles. The van der Waals surface area contributed by atoms with Crippen LogP contribution in [0.4, 0.5) is 21.6 Å². The van der Waals surface area contributed by atoms with E-state index < -0.39 is 0 Å². The Hall–Kier alpha value is -3.10. The number of azo groups is 2. The van der Waals surface area contributed by atoms with Crippen molar-refractivity contribution >= 4 is 44.3 Å². The van der Waals surface area contributed by atoms with E-state index in [2.05, 4.69) is 70.7 Å². The lowest BCUT2D eigenvalue weighted by molar-refractivity contribution is -0.654. The lowest BCUT2D eigenvalue weighted by Gasteiger charge is -2.07. The van der Waals surface area contributed by atoms with Gasteiger partial charge in [0, 0.05) is 10.8 Å². The first-order valence-corrected chi connectivity index (χ1v) is 14.6. The van der Waals surface area contributed by atoms with Crippen LogP contribution in [0.15, 0.2) is 80.0 Å². The smallest absolute Gasteiger partial charge is 0.358 e. The summed E-state index contributed by atoms with van der Waals surface area (Å²) in [5.41, 5.74) is 7.27. The summed E-state index contributed by atoms with van der Waals surface area (Å²) in [6, 6.07) is 12.9. The Morgan fingerprint density at radius 2 is 1.00 bits per heavy atom. The van der Waals surface area contributed by atoms with Crippen molar-refractivity contribution in [3.63, 3.8) is 0 Å². The van der Waals surface area contributed by atoms with Crippen molar-refractivity contribution in [1.82, 2.24) is 0 Å². The Balaban J connectivity index is 0.00000267. The number of aryl methyl sites for hydroxylation is 6. The second kappa shape index (κ2) is 16.1. The lowest BCUT2D eigenvalue weighted by Crippen LogP contribution is -2.23. The van der Waals surface area contributed by atoms with E-state index in [-0.39, 0.29) is 14.9 Å². The van der Waals surface area contributed by atoms with Crippen LogP contribution in [0.1, 0.15) is 54.4 Å². The summed E-state index contributed by atoms with van der Waals surface area (Å²) < 4.78 is 3.96. The number of hydrogen-bond donors (Lipinski definition) is 0. The van der Waals surface area contributed by atoms with Crippen LogP contribution in [0.3, 0.4) is 0 Å².